The summed E-state index contributed by atoms with van der Waals surface area (Å²) in [5.41, 5.74) is 0. The maximum atomic E-state index is 11.6. The molecule has 0 aliphatic carbocycles. The van der Waals surface area contributed by atoms with Gasteiger partial charge in [0.25, 0.3) is 5.91 Å². The molecular weight excluding hydrogens is 286 g/mol. The molecule has 0 bridgehead atoms. The van der Waals surface area contributed by atoms with E-state index in [9.17, 15) is 14.4 Å². The molecule has 7 nitrogen and oxygen atoms in total. The fourth-order valence-corrected chi connectivity index (χ4v) is 1.58. The van der Waals surface area contributed by atoms with Crippen LogP contribution in [0.3, 0.4) is 0 Å². The number of nitrogens with one attached hydrogen (secondary N) is 3. The Bertz CT molecular complexity index is 505. The smallest absolute Gasteiger partial charge is 0.258 e. The van der Waals surface area contributed by atoms with E-state index in [2.05, 4.69) is 16.0 Å². The number of benzene rings is 1. The van der Waals surface area contributed by atoms with Crippen molar-refractivity contribution in [2.75, 3.05) is 19.7 Å². The van der Waals surface area contributed by atoms with Gasteiger partial charge in [-0.15, -0.1) is 0 Å². The lowest BCUT2D eigenvalue weighted by atomic mass is 10.3. The molecule has 0 aliphatic rings. The van der Waals surface area contributed by atoms with Crippen molar-refractivity contribution in [3.63, 3.8) is 0 Å². The van der Waals surface area contributed by atoms with Gasteiger partial charge in [-0.1, -0.05) is 18.2 Å². The van der Waals surface area contributed by atoms with E-state index < -0.39 is 17.9 Å². The SMILES string of the molecule is CCNC(=O)[C@H](C)NC(=O)CNC(=O)COc1ccccc1. The highest BCUT2D eigenvalue weighted by atomic mass is 16.5. The Morgan fingerprint density at radius 2 is 1.77 bits per heavy atom. The Balaban J connectivity index is 2.23. The largest absolute Gasteiger partial charge is 0.484 e. The molecule has 3 N–H and O–H groups in total. The van der Waals surface area contributed by atoms with E-state index in [0.717, 1.165) is 0 Å². The molecule has 1 aromatic rings. The standard InChI is InChI=1S/C15H21N3O4/c1-3-16-15(21)11(2)18-13(19)9-17-14(20)10-22-12-7-5-4-6-8-12/h4-8,11H,3,9-10H2,1-2H3,(H,16,21)(H,17,20)(H,18,19)/t11-/m0/s1. The second-order valence-electron chi connectivity index (χ2n) is 4.56. The number of carbonyl (C=O) groups excluding carboxylic acids is 3. The third kappa shape index (κ3) is 6.74. The molecule has 120 valence electrons. The minimum absolute atomic E-state index is 0.177. The number of likely N-dealkylation sites (N-methyl/N-ethyl adjacent to an activating group) is 1. The molecule has 1 aromatic carbocycles. The highest BCUT2D eigenvalue weighted by molar-refractivity contribution is 5.90. The molecule has 0 radical (unpaired) electrons. The van der Waals surface area contributed by atoms with Crippen molar-refractivity contribution in [2.24, 2.45) is 0 Å². The summed E-state index contributed by atoms with van der Waals surface area (Å²) in [6, 6.07) is 8.24. The molecule has 0 unspecified atom stereocenters. The van der Waals surface area contributed by atoms with Crippen molar-refractivity contribution in [1.82, 2.24) is 16.0 Å². The van der Waals surface area contributed by atoms with E-state index in [-0.39, 0.29) is 19.1 Å². The van der Waals surface area contributed by atoms with Crippen molar-refractivity contribution in [1.29, 1.82) is 0 Å². The Hall–Kier alpha value is -2.57. The summed E-state index contributed by atoms with van der Waals surface area (Å²) < 4.78 is 5.24. The molecule has 1 rings (SSSR count). The minimum atomic E-state index is -0.648. The Morgan fingerprint density at radius 3 is 2.41 bits per heavy atom. The molecule has 22 heavy (non-hydrogen) atoms. The molecule has 0 aromatic heterocycles. The van der Waals surface area contributed by atoms with Gasteiger partial charge in [-0.3, -0.25) is 14.4 Å². The monoisotopic (exact) mass is 307 g/mol. The summed E-state index contributed by atoms with van der Waals surface area (Å²) in [4.78, 5) is 34.6. The molecule has 0 heterocycles. The zero-order valence-electron chi connectivity index (χ0n) is 12.7. The highest BCUT2D eigenvalue weighted by Gasteiger charge is 2.15. The van der Waals surface area contributed by atoms with Crippen LogP contribution < -0.4 is 20.7 Å². The lowest BCUT2D eigenvalue weighted by Gasteiger charge is -2.13. The summed E-state index contributed by atoms with van der Waals surface area (Å²) in [6.45, 7) is 3.47. The van der Waals surface area contributed by atoms with Gasteiger partial charge < -0.3 is 20.7 Å². The first-order valence-electron chi connectivity index (χ1n) is 7.04. The molecule has 0 aliphatic heterocycles. The molecule has 0 saturated heterocycles. The third-order valence-electron chi connectivity index (χ3n) is 2.68. The number of rotatable bonds is 8. The maximum absolute atomic E-state index is 11.6. The van der Waals surface area contributed by atoms with Crippen LogP contribution >= 0.6 is 0 Å². The molecule has 7 heteroatoms. The van der Waals surface area contributed by atoms with E-state index in [1.54, 1.807) is 38.1 Å². The van der Waals surface area contributed by atoms with Gasteiger partial charge in [0.1, 0.15) is 11.8 Å². The Morgan fingerprint density at radius 1 is 1.09 bits per heavy atom. The van der Waals surface area contributed by atoms with Crippen LogP contribution in [0, 0.1) is 0 Å². The first-order valence-corrected chi connectivity index (χ1v) is 7.04. The Kier molecular flexibility index (Phi) is 7.45. The number of hydrogen-bond acceptors (Lipinski definition) is 4. The van der Waals surface area contributed by atoms with Gasteiger partial charge >= 0.3 is 0 Å². The zero-order valence-corrected chi connectivity index (χ0v) is 12.7. The second-order valence-corrected chi connectivity index (χ2v) is 4.56. The van der Waals surface area contributed by atoms with Gasteiger partial charge in [0.15, 0.2) is 6.61 Å². The number of para-hydroxylation sites is 1. The number of hydrogen-bond donors (Lipinski definition) is 3. The quantitative estimate of drug-likeness (QED) is 0.621. The highest BCUT2D eigenvalue weighted by Crippen LogP contribution is 2.07. The zero-order chi connectivity index (χ0) is 16.4. The molecule has 1 atom stereocenters. The lowest BCUT2D eigenvalue weighted by molar-refractivity contribution is -0.129. The van der Waals surface area contributed by atoms with Gasteiger partial charge in [-0.2, -0.15) is 0 Å². The number of carbonyl (C=O) groups is 3. The van der Waals surface area contributed by atoms with E-state index in [1.165, 1.54) is 0 Å². The van der Waals surface area contributed by atoms with Crippen molar-refractivity contribution < 1.29 is 19.1 Å². The van der Waals surface area contributed by atoms with Crippen LogP contribution in [0.2, 0.25) is 0 Å². The van der Waals surface area contributed by atoms with Gasteiger partial charge in [0, 0.05) is 6.54 Å². The maximum Gasteiger partial charge on any atom is 0.258 e. The summed E-state index contributed by atoms with van der Waals surface area (Å²) in [5, 5.41) is 7.50. The van der Waals surface area contributed by atoms with Crippen molar-refractivity contribution in [2.45, 2.75) is 19.9 Å². The number of ether oxygens (including phenoxy) is 1. The summed E-state index contributed by atoms with van der Waals surface area (Å²) >= 11 is 0. The van der Waals surface area contributed by atoms with Crippen LogP contribution in [-0.2, 0) is 14.4 Å². The first kappa shape index (κ1) is 17.5. The Labute approximate surface area is 129 Å². The average Bonchev–Trinajstić information content (AvgIpc) is 2.52. The van der Waals surface area contributed by atoms with Crippen molar-refractivity contribution in [3.8, 4) is 5.75 Å². The second kappa shape index (κ2) is 9.38. The van der Waals surface area contributed by atoms with Crippen LogP contribution in [0.5, 0.6) is 5.75 Å². The lowest BCUT2D eigenvalue weighted by Crippen LogP contribution is -2.48. The van der Waals surface area contributed by atoms with Crippen LogP contribution in [0.4, 0.5) is 0 Å². The normalized spacial score (nSPS) is 11.2. The van der Waals surface area contributed by atoms with Crippen molar-refractivity contribution >= 4 is 17.7 Å². The van der Waals surface area contributed by atoms with Gasteiger partial charge in [0.2, 0.25) is 11.8 Å². The topological polar surface area (TPSA) is 96.5 Å². The van der Waals surface area contributed by atoms with E-state index in [1.807, 2.05) is 6.07 Å². The van der Waals surface area contributed by atoms with Crippen molar-refractivity contribution in [3.05, 3.63) is 30.3 Å². The fraction of sp³-hybridized carbons (Fsp3) is 0.400. The van der Waals surface area contributed by atoms with E-state index in [0.29, 0.717) is 12.3 Å². The van der Waals surface area contributed by atoms with E-state index >= 15 is 0 Å². The molecule has 3 amide bonds. The molecular formula is C15H21N3O4. The molecule has 0 spiro atoms. The fourth-order valence-electron chi connectivity index (χ4n) is 1.58. The summed E-state index contributed by atoms with van der Waals surface area (Å²) in [6.07, 6.45) is 0. The van der Waals surface area contributed by atoms with Crippen LogP contribution in [0.1, 0.15) is 13.8 Å². The number of amides is 3. The van der Waals surface area contributed by atoms with Crippen LogP contribution in [-0.4, -0.2) is 43.5 Å². The van der Waals surface area contributed by atoms with Gasteiger partial charge in [0.05, 0.1) is 6.54 Å². The minimum Gasteiger partial charge on any atom is -0.484 e. The summed E-state index contributed by atoms with van der Waals surface area (Å²) in [7, 11) is 0. The summed E-state index contributed by atoms with van der Waals surface area (Å²) in [5.74, 6) is -0.543. The van der Waals surface area contributed by atoms with Crippen LogP contribution in [0.25, 0.3) is 0 Å². The molecule has 0 fully saturated rings. The average molecular weight is 307 g/mol. The third-order valence-corrected chi connectivity index (χ3v) is 2.68. The van der Waals surface area contributed by atoms with Crippen LogP contribution in [0.15, 0.2) is 30.3 Å². The predicted octanol–water partition coefficient (Wildman–Crippen LogP) is -0.178. The van der Waals surface area contributed by atoms with Gasteiger partial charge in [-0.05, 0) is 26.0 Å². The van der Waals surface area contributed by atoms with Gasteiger partial charge in [-0.25, -0.2) is 0 Å². The molecule has 0 saturated carbocycles. The predicted molar refractivity (Wildman–Crippen MR) is 81.2 cm³/mol. The van der Waals surface area contributed by atoms with E-state index in [4.69, 9.17) is 4.74 Å². The first-order chi connectivity index (χ1) is 10.5.